The first-order chi connectivity index (χ1) is 11.7. The molecule has 0 saturated heterocycles. The third-order valence-corrected chi connectivity index (χ3v) is 4.73. The standard InChI is InChI=1S/C19H22N4O/c1-12-3-2-4-13(11-12)17-22-18-16(9-10-20-18)19(23-17)21-14-5-7-15(24)8-6-14/h2-4,9-11,14-15,24H,5-8H2,1H3,(H2,20,21,22,23). The highest BCUT2D eigenvalue weighted by atomic mass is 16.3. The van der Waals surface area contributed by atoms with Crippen LogP contribution in [0.4, 0.5) is 5.82 Å². The second-order valence-electron chi connectivity index (χ2n) is 6.66. The van der Waals surface area contributed by atoms with Gasteiger partial charge in [0.25, 0.3) is 0 Å². The number of hydrogen-bond donors (Lipinski definition) is 3. The molecule has 0 aliphatic heterocycles. The van der Waals surface area contributed by atoms with Crippen LogP contribution in [0.5, 0.6) is 0 Å². The van der Waals surface area contributed by atoms with Crippen molar-refractivity contribution in [3.05, 3.63) is 42.1 Å². The number of aliphatic hydroxyl groups is 1. The molecule has 0 atom stereocenters. The van der Waals surface area contributed by atoms with Crippen molar-refractivity contribution < 1.29 is 5.11 Å². The van der Waals surface area contributed by atoms with Crippen LogP contribution < -0.4 is 5.32 Å². The minimum Gasteiger partial charge on any atom is -0.393 e. The molecule has 0 radical (unpaired) electrons. The SMILES string of the molecule is Cc1cccc(-c2nc(NC3CCC(O)CC3)c3cc[nH]c3n2)c1. The summed E-state index contributed by atoms with van der Waals surface area (Å²) in [5, 5.41) is 14.3. The van der Waals surface area contributed by atoms with Crippen molar-refractivity contribution >= 4 is 16.9 Å². The third-order valence-electron chi connectivity index (χ3n) is 4.73. The van der Waals surface area contributed by atoms with Gasteiger partial charge in [-0.15, -0.1) is 0 Å². The molecule has 24 heavy (non-hydrogen) atoms. The molecular formula is C19H22N4O. The Morgan fingerprint density at radius 1 is 1.12 bits per heavy atom. The van der Waals surface area contributed by atoms with Crippen LogP contribution in [0.25, 0.3) is 22.4 Å². The number of benzene rings is 1. The van der Waals surface area contributed by atoms with E-state index in [4.69, 9.17) is 4.98 Å². The van der Waals surface area contributed by atoms with Gasteiger partial charge in [0.2, 0.25) is 0 Å². The van der Waals surface area contributed by atoms with E-state index in [2.05, 4.69) is 34.3 Å². The fourth-order valence-corrected chi connectivity index (χ4v) is 3.38. The van der Waals surface area contributed by atoms with Crippen LogP contribution in [0.3, 0.4) is 0 Å². The van der Waals surface area contributed by atoms with Gasteiger partial charge in [0.1, 0.15) is 11.5 Å². The van der Waals surface area contributed by atoms with E-state index in [-0.39, 0.29) is 6.10 Å². The van der Waals surface area contributed by atoms with Gasteiger partial charge in [0, 0.05) is 17.8 Å². The van der Waals surface area contributed by atoms with Gasteiger partial charge >= 0.3 is 0 Å². The second kappa shape index (κ2) is 6.24. The fraction of sp³-hybridized carbons (Fsp3) is 0.368. The van der Waals surface area contributed by atoms with Crippen molar-refractivity contribution in [2.75, 3.05) is 5.32 Å². The first kappa shape index (κ1) is 15.1. The molecule has 1 fully saturated rings. The van der Waals surface area contributed by atoms with E-state index in [0.717, 1.165) is 53.9 Å². The zero-order chi connectivity index (χ0) is 16.5. The highest BCUT2D eigenvalue weighted by Gasteiger charge is 2.21. The van der Waals surface area contributed by atoms with Crippen molar-refractivity contribution in [2.45, 2.75) is 44.8 Å². The van der Waals surface area contributed by atoms with Gasteiger partial charge in [0.05, 0.1) is 11.5 Å². The van der Waals surface area contributed by atoms with Gasteiger partial charge in [-0.3, -0.25) is 0 Å². The summed E-state index contributed by atoms with van der Waals surface area (Å²) < 4.78 is 0. The molecular weight excluding hydrogens is 300 g/mol. The third kappa shape index (κ3) is 2.99. The van der Waals surface area contributed by atoms with Crippen LogP contribution in [0, 0.1) is 6.92 Å². The molecule has 2 aromatic heterocycles. The lowest BCUT2D eigenvalue weighted by Gasteiger charge is -2.26. The quantitative estimate of drug-likeness (QED) is 0.688. The molecule has 4 rings (SSSR count). The lowest BCUT2D eigenvalue weighted by Crippen LogP contribution is -2.28. The average molecular weight is 322 g/mol. The van der Waals surface area contributed by atoms with Crippen molar-refractivity contribution in [3.8, 4) is 11.4 Å². The summed E-state index contributed by atoms with van der Waals surface area (Å²) in [5.41, 5.74) is 3.06. The number of nitrogens with one attached hydrogen (secondary N) is 2. The van der Waals surface area contributed by atoms with Gasteiger partial charge in [0.15, 0.2) is 5.82 Å². The van der Waals surface area contributed by atoms with E-state index in [9.17, 15) is 5.11 Å². The highest BCUT2D eigenvalue weighted by molar-refractivity contribution is 5.88. The molecule has 1 aromatic carbocycles. The van der Waals surface area contributed by atoms with Gasteiger partial charge in [-0.2, -0.15) is 0 Å². The van der Waals surface area contributed by atoms with Crippen molar-refractivity contribution in [1.82, 2.24) is 15.0 Å². The summed E-state index contributed by atoms with van der Waals surface area (Å²) >= 11 is 0. The predicted octanol–water partition coefficient (Wildman–Crippen LogP) is 3.65. The summed E-state index contributed by atoms with van der Waals surface area (Å²) in [7, 11) is 0. The number of fused-ring (bicyclic) bond motifs is 1. The number of aromatic amines is 1. The minimum absolute atomic E-state index is 0.149. The Hall–Kier alpha value is -2.40. The van der Waals surface area contributed by atoms with Crippen molar-refractivity contribution in [3.63, 3.8) is 0 Å². The first-order valence-electron chi connectivity index (χ1n) is 8.56. The number of aromatic nitrogens is 3. The summed E-state index contributed by atoms with van der Waals surface area (Å²) in [6.45, 7) is 2.07. The summed E-state index contributed by atoms with van der Waals surface area (Å²) in [5.74, 6) is 1.60. The van der Waals surface area contributed by atoms with E-state index >= 15 is 0 Å². The Morgan fingerprint density at radius 3 is 2.75 bits per heavy atom. The monoisotopic (exact) mass is 322 g/mol. The number of aliphatic hydroxyl groups excluding tert-OH is 1. The number of anilines is 1. The zero-order valence-electron chi connectivity index (χ0n) is 13.8. The summed E-state index contributed by atoms with van der Waals surface area (Å²) in [6.07, 6.45) is 5.39. The van der Waals surface area contributed by atoms with E-state index in [1.54, 1.807) is 0 Å². The molecule has 2 heterocycles. The minimum atomic E-state index is -0.149. The van der Waals surface area contributed by atoms with Crippen molar-refractivity contribution in [2.24, 2.45) is 0 Å². The maximum Gasteiger partial charge on any atom is 0.163 e. The number of hydrogen-bond acceptors (Lipinski definition) is 4. The zero-order valence-corrected chi connectivity index (χ0v) is 13.8. The molecule has 0 spiro atoms. The molecule has 0 amide bonds. The molecule has 1 saturated carbocycles. The number of rotatable bonds is 3. The molecule has 3 N–H and O–H groups in total. The van der Waals surface area contributed by atoms with Gasteiger partial charge in [-0.25, -0.2) is 9.97 Å². The Labute approximate surface area is 141 Å². The Morgan fingerprint density at radius 2 is 1.96 bits per heavy atom. The fourth-order valence-electron chi connectivity index (χ4n) is 3.38. The van der Waals surface area contributed by atoms with Crippen LogP contribution in [-0.2, 0) is 0 Å². The molecule has 124 valence electrons. The predicted molar refractivity (Wildman–Crippen MR) is 95.9 cm³/mol. The van der Waals surface area contributed by atoms with Crippen LogP contribution in [0.15, 0.2) is 36.5 Å². The molecule has 3 aromatic rings. The normalized spacial score (nSPS) is 21.1. The van der Waals surface area contributed by atoms with Crippen LogP contribution in [0.1, 0.15) is 31.2 Å². The molecule has 0 unspecified atom stereocenters. The first-order valence-corrected chi connectivity index (χ1v) is 8.56. The second-order valence-corrected chi connectivity index (χ2v) is 6.66. The van der Waals surface area contributed by atoms with Crippen LogP contribution in [-0.4, -0.2) is 32.2 Å². The number of H-pyrrole nitrogens is 1. The maximum absolute atomic E-state index is 9.69. The lowest BCUT2D eigenvalue weighted by molar-refractivity contribution is 0.126. The largest absolute Gasteiger partial charge is 0.393 e. The smallest absolute Gasteiger partial charge is 0.163 e. The molecule has 5 heteroatoms. The van der Waals surface area contributed by atoms with Gasteiger partial charge in [-0.05, 0) is 44.7 Å². The number of aryl methyl sites for hydroxylation is 1. The summed E-state index contributed by atoms with van der Waals surface area (Å²) in [6, 6.07) is 10.6. The van der Waals surface area contributed by atoms with E-state index < -0.39 is 0 Å². The molecule has 0 bridgehead atoms. The molecule has 1 aliphatic rings. The van der Waals surface area contributed by atoms with E-state index in [1.165, 1.54) is 5.56 Å². The van der Waals surface area contributed by atoms with Gasteiger partial charge in [-0.1, -0.05) is 23.8 Å². The summed E-state index contributed by atoms with van der Waals surface area (Å²) in [4.78, 5) is 12.7. The number of nitrogens with zero attached hydrogens (tertiary/aromatic N) is 2. The molecule has 1 aliphatic carbocycles. The highest BCUT2D eigenvalue weighted by Crippen LogP contribution is 2.28. The molecule has 5 nitrogen and oxygen atoms in total. The van der Waals surface area contributed by atoms with Crippen LogP contribution in [0.2, 0.25) is 0 Å². The Kier molecular flexibility index (Phi) is 3.94. The van der Waals surface area contributed by atoms with E-state index in [1.807, 2.05) is 24.4 Å². The van der Waals surface area contributed by atoms with Gasteiger partial charge < -0.3 is 15.4 Å². The Balaban J connectivity index is 1.70. The lowest BCUT2D eigenvalue weighted by atomic mass is 9.93. The maximum atomic E-state index is 9.69. The van der Waals surface area contributed by atoms with Crippen molar-refractivity contribution in [1.29, 1.82) is 0 Å². The Bertz CT molecular complexity index is 849. The van der Waals surface area contributed by atoms with E-state index in [0.29, 0.717) is 6.04 Å². The average Bonchev–Trinajstić information content (AvgIpc) is 3.06. The topological polar surface area (TPSA) is 73.8 Å². The van der Waals surface area contributed by atoms with Crippen LogP contribution >= 0.6 is 0 Å².